The van der Waals surface area contributed by atoms with E-state index in [1.54, 1.807) is 6.07 Å². The highest BCUT2D eigenvalue weighted by Crippen LogP contribution is 2.28. The number of hydrogen-bond acceptors (Lipinski definition) is 1. The Kier molecular flexibility index (Phi) is 4.54. The van der Waals surface area contributed by atoms with E-state index in [9.17, 15) is 9.18 Å². The minimum Gasteiger partial charge on any atom is -0.294 e. The van der Waals surface area contributed by atoms with Crippen molar-refractivity contribution >= 4 is 28.4 Å². The third-order valence-corrected chi connectivity index (χ3v) is 4.32. The first-order valence-corrected chi connectivity index (χ1v) is 7.23. The van der Waals surface area contributed by atoms with Crippen LogP contribution in [0.2, 0.25) is 0 Å². The summed E-state index contributed by atoms with van der Waals surface area (Å²) in [6.07, 6.45) is 6.77. The van der Waals surface area contributed by atoms with Crippen molar-refractivity contribution in [3.8, 4) is 0 Å². The topological polar surface area (TPSA) is 17.1 Å². The van der Waals surface area contributed by atoms with Gasteiger partial charge in [0.15, 0.2) is 5.78 Å². The Morgan fingerprint density at radius 2 is 2.00 bits per heavy atom. The summed E-state index contributed by atoms with van der Waals surface area (Å²) in [6, 6.07) is 4.41. The van der Waals surface area contributed by atoms with Crippen molar-refractivity contribution in [2.24, 2.45) is 5.92 Å². The summed E-state index contributed by atoms with van der Waals surface area (Å²) < 4.78 is 13.7. The molecule has 1 aliphatic rings. The van der Waals surface area contributed by atoms with Crippen LogP contribution >= 0.6 is 22.6 Å². The van der Waals surface area contributed by atoms with E-state index in [0.29, 0.717) is 17.9 Å². The molecule has 1 nitrogen and oxygen atoms in total. The average Bonchev–Trinajstić information content (AvgIpc) is 2.30. The molecule has 17 heavy (non-hydrogen) atoms. The largest absolute Gasteiger partial charge is 0.294 e. The Morgan fingerprint density at radius 1 is 1.29 bits per heavy atom. The Balaban J connectivity index is 2.03. The van der Waals surface area contributed by atoms with Crippen LogP contribution in [0, 0.1) is 15.3 Å². The average molecular weight is 346 g/mol. The summed E-state index contributed by atoms with van der Waals surface area (Å²) in [4.78, 5) is 12.1. The maximum absolute atomic E-state index is 13.0. The van der Waals surface area contributed by atoms with Crippen LogP contribution in [-0.2, 0) is 0 Å². The standard InChI is InChI=1S/C14H16FIO/c15-11-6-7-12(13(16)9-11)14(17)8-10-4-2-1-3-5-10/h6-7,9-10H,1-5,8H2. The molecule has 3 heteroatoms. The number of halogens is 2. The fourth-order valence-electron chi connectivity index (χ4n) is 2.48. The second-order valence-electron chi connectivity index (χ2n) is 4.76. The van der Waals surface area contributed by atoms with E-state index in [0.717, 1.165) is 3.57 Å². The molecule has 1 aromatic rings. The summed E-state index contributed by atoms with van der Waals surface area (Å²) in [5, 5.41) is 0. The molecule has 0 amide bonds. The van der Waals surface area contributed by atoms with Gasteiger partial charge >= 0.3 is 0 Å². The maximum atomic E-state index is 13.0. The van der Waals surface area contributed by atoms with Crippen molar-refractivity contribution in [1.82, 2.24) is 0 Å². The van der Waals surface area contributed by atoms with Gasteiger partial charge in [0.05, 0.1) is 0 Å². The molecule has 0 aromatic heterocycles. The van der Waals surface area contributed by atoms with Crippen LogP contribution < -0.4 is 0 Å². The van der Waals surface area contributed by atoms with E-state index in [2.05, 4.69) is 0 Å². The zero-order chi connectivity index (χ0) is 12.3. The highest BCUT2D eigenvalue weighted by Gasteiger charge is 2.19. The van der Waals surface area contributed by atoms with E-state index in [-0.39, 0.29) is 11.6 Å². The number of carbonyl (C=O) groups excluding carboxylic acids is 1. The Morgan fingerprint density at radius 3 is 2.65 bits per heavy atom. The molecule has 92 valence electrons. The van der Waals surface area contributed by atoms with Crippen molar-refractivity contribution in [2.75, 3.05) is 0 Å². The number of benzene rings is 1. The lowest BCUT2D eigenvalue weighted by atomic mass is 9.85. The van der Waals surface area contributed by atoms with Gasteiger partial charge in [-0.2, -0.15) is 0 Å². The molecule has 2 rings (SSSR count). The number of rotatable bonds is 3. The summed E-state index contributed by atoms with van der Waals surface area (Å²) >= 11 is 2.03. The number of Topliss-reactive ketones (excluding diaryl/α,β-unsaturated/α-hetero) is 1. The monoisotopic (exact) mass is 346 g/mol. The molecule has 0 saturated heterocycles. The summed E-state index contributed by atoms with van der Waals surface area (Å²) in [5.41, 5.74) is 0.678. The van der Waals surface area contributed by atoms with E-state index in [1.165, 1.54) is 44.2 Å². The predicted molar refractivity (Wildman–Crippen MR) is 74.6 cm³/mol. The van der Waals surface area contributed by atoms with Gasteiger partial charge in [0, 0.05) is 15.6 Å². The molecule has 0 atom stereocenters. The lowest BCUT2D eigenvalue weighted by Gasteiger charge is -2.20. The predicted octanol–water partition coefficient (Wildman–Crippen LogP) is 4.58. The molecule has 1 aromatic carbocycles. The molecule has 1 aliphatic carbocycles. The lowest BCUT2D eigenvalue weighted by Crippen LogP contribution is -2.13. The van der Waals surface area contributed by atoms with Crippen molar-refractivity contribution in [1.29, 1.82) is 0 Å². The summed E-state index contributed by atoms with van der Waals surface area (Å²) in [5.74, 6) is 0.432. The Hall–Kier alpha value is -0.450. The highest BCUT2D eigenvalue weighted by molar-refractivity contribution is 14.1. The van der Waals surface area contributed by atoms with Crippen LogP contribution in [0.5, 0.6) is 0 Å². The highest BCUT2D eigenvalue weighted by atomic mass is 127. The van der Waals surface area contributed by atoms with Crippen LogP contribution in [0.15, 0.2) is 18.2 Å². The third-order valence-electron chi connectivity index (χ3n) is 3.43. The van der Waals surface area contributed by atoms with Crippen LogP contribution in [0.1, 0.15) is 48.9 Å². The first-order chi connectivity index (χ1) is 8.16. The number of ketones is 1. The van der Waals surface area contributed by atoms with Crippen molar-refractivity contribution < 1.29 is 9.18 Å². The smallest absolute Gasteiger partial charge is 0.164 e. The second kappa shape index (κ2) is 5.94. The molecule has 0 bridgehead atoms. The molecular formula is C14H16FIO. The van der Waals surface area contributed by atoms with Gasteiger partial charge in [0.2, 0.25) is 0 Å². The molecule has 0 N–H and O–H groups in total. The molecule has 1 fully saturated rings. The van der Waals surface area contributed by atoms with Gasteiger partial charge in [-0.05, 0) is 46.7 Å². The summed E-state index contributed by atoms with van der Waals surface area (Å²) in [7, 11) is 0. The van der Waals surface area contributed by atoms with Crippen LogP contribution in [0.4, 0.5) is 4.39 Å². The Bertz CT molecular complexity index is 411. The summed E-state index contributed by atoms with van der Waals surface area (Å²) in [6.45, 7) is 0. The maximum Gasteiger partial charge on any atom is 0.164 e. The van der Waals surface area contributed by atoms with Crippen LogP contribution in [0.3, 0.4) is 0 Å². The normalized spacial score (nSPS) is 17.1. The molecule has 0 spiro atoms. The second-order valence-corrected chi connectivity index (χ2v) is 5.92. The van der Waals surface area contributed by atoms with Crippen LogP contribution in [0.25, 0.3) is 0 Å². The van der Waals surface area contributed by atoms with Crippen LogP contribution in [-0.4, -0.2) is 5.78 Å². The van der Waals surface area contributed by atoms with E-state index < -0.39 is 0 Å². The fraction of sp³-hybridized carbons (Fsp3) is 0.500. The van der Waals surface area contributed by atoms with Gasteiger partial charge in [-0.3, -0.25) is 4.79 Å². The molecule has 1 saturated carbocycles. The number of hydrogen-bond donors (Lipinski definition) is 0. The lowest BCUT2D eigenvalue weighted by molar-refractivity contribution is 0.0949. The van der Waals surface area contributed by atoms with Crippen molar-refractivity contribution in [2.45, 2.75) is 38.5 Å². The van der Waals surface area contributed by atoms with Gasteiger partial charge < -0.3 is 0 Å². The molecule has 0 heterocycles. The van der Waals surface area contributed by atoms with E-state index in [4.69, 9.17) is 0 Å². The number of carbonyl (C=O) groups is 1. The fourth-order valence-corrected chi connectivity index (χ4v) is 3.26. The van der Waals surface area contributed by atoms with Gasteiger partial charge in [0.25, 0.3) is 0 Å². The molecule has 0 unspecified atom stereocenters. The quantitative estimate of drug-likeness (QED) is 0.578. The minimum atomic E-state index is -0.274. The third kappa shape index (κ3) is 3.50. The molecular weight excluding hydrogens is 330 g/mol. The van der Waals surface area contributed by atoms with E-state index in [1.807, 2.05) is 22.6 Å². The van der Waals surface area contributed by atoms with Gasteiger partial charge in [-0.1, -0.05) is 32.1 Å². The van der Waals surface area contributed by atoms with Gasteiger partial charge in [0.1, 0.15) is 5.82 Å². The Labute approximate surface area is 115 Å². The van der Waals surface area contributed by atoms with E-state index >= 15 is 0 Å². The van der Waals surface area contributed by atoms with Crippen molar-refractivity contribution in [3.05, 3.63) is 33.1 Å². The van der Waals surface area contributed by atoms with Gasteiger partial charge in [-0.15, -0.1) is 0 Å². The minimum absolute atomic E-state index is 0.168. The zero-order valence-electron chi connectivity index (χ0n) is 9.72. The molecule has 0 aliphatic heterocycles. The van der Waals surface area contributed by atoms with Crippen molar-refractivity contribution in [3.63, 3.8) is 0 Å². The first kappa shape index (κ1) is 13.0. The van der Waals surface area contributed by atoms with Gasteiger partial charge in [-0.25, -0.2) is 4.39 Å². The molecule has 0 radical (unpaired) electrons. The SMILES string of the molecule is O=C(CC1CCCCC1)c1ccc(F)cc1I. The first-order valence-electron chi connectivity index (χ1n) is 6.15. The zero-order valence-corrected chi connectivity index (χ0v) is 11.9.